The molecule has 0 aliphatic rings. The Morgan fingerprint density at radius 2 is 1.55 bits per heavy atom. The number of rotatable bonds is 14. The van der Waals surface area contributed by atoms with Crippen LogP contribution in [0.15, 0.2) is 77.7 Å². The Kier molecular flexibility index (Phi) is 11.6. The number of hydrogen-bond donors (Lipinski definition) is 1. The van der Waals surface area contributed by atoms with Gasteiger partial charge in [0.15, 0.2) is 0 Å². The number of hydrogen-bond acceptors (Lipinski definition) is 6. The van der Waals surface area contributed by atoms with Gasteiger partial charge in [-0.05, 0) is 67.8 Å². The maximum atomic E-state index is 14.2. The van der Waals surface area contributed by atoms with Crippen LogP contribution in [0, 0.1) is 0 Å². The highest BCUT2D eigenvalue weighted by atomic mass is 35.5. The molecule has 3 aromatic rings. The number of sulfonamides is 1. The normalized spacial score (nSPS) is 12.6. The lowest BCUT2D eigenvalue weighted by atomic mass is 10.1. The summed E-state index contributed by atoms with van der Waals surface area (Å²) in [6.45, 7) is 5.06. The zero-order valence-corrected chi connectivity index (χ0v) is 26.1. The van der Waals surface area contributed by atoms with Crippen LogP contribution in [0.4, 0.5) is 5.69 Å². The van der Waals surface area contributed by atoms with E-state index in [1.807, 2.05) is 13.8 Å². The van der Waals surface area contributed by atoms with Crippen LogP contribution in [0.3, 0.4) is 0 Å². The zero-order chi connectivity index (χ0) is 30.9. The molecular formula is C31H38ClN3O6S. The van der Waals surface area contributed by atoms with Crippen molar-refractivity contribution in [2.75, 3.05) is 25.1 Å². The molecule has 2 atom stereocenters. The first kappa shape index (κ1) is 32.8. The van der Waals surface area contributed by atoms with E-state index in [9.17, 15) is 18.0 Å². The van der Waals surface area contributed by atoms with Gasteiger partial charge in [0.2, 0.25) is 11.8 Å². The highest BCUT2D eigenvalue weighted by Gasteiger charge is 2.35. The minimum Gasteiger partial charge on any atom is -0.497 e. The maximum absolute atomic E-state index is 14.2. The first-order valence-electron chi connectivity index (χ1n) is 13.7. The third-order valence-corrected chi connectivity index (χ3v) is 9.11. The molecule has 0 heterocycles. The fraction of sp³-hybridized carbons (Fsp3) is 0.355. The van der Waals surface area contributed by atoms with Gasteiger partial charge in [0.25, 0.3) is 10.0 Å². The van der Waals surface area contributed by atoms with E-state index >= 15 is 0 Å². The number of nitrogens with one attached hydrogen (secondary N) is 1. The van der Waals surface area contributed by atoms with Gasteiger partial charge in [0.05, 0.1) is 24.8 Å². The van der Waals surface area contributed by atoms with Crippen LogP contribution in [0.25, 0.3) is 0 Å². The first-order valence-corrected chi connectivity index (χ1v) is 15.5. The summed E-state index contributed by atoms with van der Waals surface area (Å²) in [5.41, 5.74) is 0.808. The van der Waals surface area contributed by atoms with E-state index in [1.54, 1.807) is 55.5 Å². The van der Waals surface area contributed by atoms with Crippen molar-refractivity contribution in [2.45, 2.75) is 57.1 Å². The Morgan fingerprint density at radius 1 is 0.905 bits per heavy atom. The smallest absolute Gasteiger partial charge is 0.264 e. The third kappa shape index (κ3) is 7.74. The summed E-state index contributed by atoms with van der Waals surface area (Å²) in [5, 5.41) is 3.39. The molecule has 0 spiro atoms. The van der Waals surface area contributed by atoms with Crippen LogP contribution in [0.1, 0.15) is 39.2 Å². The Bertz CT molecular complexity index is 1470. The number of benzene rings is 3. The van der Waals surface area contributed by atoms with E-state index in [0.29, 0.717) is 29.2 Å². The lowest BCUT2D eigenvalue weighted by Gasteiger charge is -2.34. The van der Waals surface area contributed by atoms with E-state index in [2.05, 4.69) is 5.32 Å². The van der Waals surface area contributed by atoms with Crippen molar-refractivity contribution in [3.63, 3.8) is 0 Å². The number of carbonyl (C=O) groups excluding carboxylic acids is 2. The van der Waals surface area contributed by atoms with Crippen molar-refractivity contribution in [3.8, 4) is 11.5 Å². The van der Waals surface area contributed by atoms with Gasteiger partial charge >= 0.3 is 0 Å². The summed E-state index contributed by atoms with van der Waals surface area (Å²) in [4.78, 5) is 29.0. The van der Waals surface area contributed by atoms with Crippen molar-refractivity contribution >= 4 is 39.1 Å². The van der Waals surface area contributed by atoms with Gasteiger partial charge in [0.1, 0.15) is 24.1 Å². The van der Waals surface area contributed by atoms with Crippen LogP contribution in [-0.4, -0.2) is 58.0 Å². The van der Waals surface area contributed by atoms with E-state index in [1.165, 1.54) is 43.4 Å². The Hall–Kier alpha value is -3.76. The van der Waals surface area contributed by atoms with Crippen LogP contribution in [0.5, 0.6) is 11.5 Å². The largest absolute Gasteiger partial charge is 0.497 e. The standard InChI is InChI=1S/C31H38ClN3O6S/c1-6-22(3)33-31(37)27(7-2)34(20-23-12-8-9-13-26(23)32)30(36)21-35(28-14-10-11-15-29(28)41-5)42(38,39)25-18-16-24(40-4)17-19-25/h8-19,22,27H,6-7,20-21H2,1-5H3,(H,33,37)/t22-,27+/m0/s1. The monoisotopic (exact) mass is 615 g/mol. The molecule has 11 heteroatoms. The number of amides is 2. The molecule has 3 rings (SSSR count). The topological polar surface area (TPSA) is 105 Å². The van der Waals surface area contributed by atoms with Gasteiger partial charge in [-0.3, -0.25) is 13.9 Å². The molecule has 0 aromatic heterocycles. The molecule has 0 aliphatic heterocycles. The van der Waals surface area contributed by atoms with E-state index in [4.69, 9.17) is 21.1 Å². The van der Waals surface area contributed by atoms with Crippen molar-refractivity contribution < 1.29 is 27.5 Å². The molecule has 42 heavy (non-hydrogen) atoms. The number of ether oxygens (including phenoxy) is 2. The van der Waals surface area contributed by atoms with Crippen molar-refractivity contribution in [1.29, 1.82) is 0 Å². The van der Waals surface area contributed by atoms with Gasteiger partial charge in [-0.25, -0.2) is 8.42 Å². The van der Waals surface area contributed by atoms with Crippen molar-refractivity contribution in [3.05, 3.63) is 83.4 Å². The second-order valence-electron chi connectivity index (χ2n) is 9.71. The van der Waals surface area contributed by atoms with E-state index in [0.717, 1.165) is 4.31 Å². The average molecular weight is 616 g/mol. The molecule has 0 fully saturated rings. The lowest BCUT2D eigenvalue weighted by Crippen LogP contribution is -2.53. The van der Waals surface area contributed by atoms with Gasteiger partial charge in [-0.1, -0.05) is 55.8 Å². The Labute approximate surface area is 253 Å². The molecule has 2 amide bonds. The molecule has 1 N–H and O–H groups in total. The molecular weight excluding hydrogens is 578 g/mol. The highest BCUT2D eigenvalue weighted by molar-refractivity contribution is 7.92. The molecule has 3 aromatic carbocycles. The van der Waals surface area contributed by atoms with Gasteiger partial charge in [-0.2, -0.15) is 0 Å². The summed E-state index contributed by atoms with van der Waals surface area (Å²) in [6.07, 6.45) is 1.01. The number of para-hydroxylation sites is 2. The molecule has 226 valence electrons. The van der Waals surface area contributed by atoms with Crippen LogP contribution >= 0.6 is 11.6 Å². The molecule has 9 nitrogen and oxygen atoms in total. The van der Waals surface area contributed by atoms with E-state index in [-0.39, 0.29) is 34.8 Å². The summed E-state index contributed by atoms with van der Waals surface area (Å²) >= 11 is 6.45. The van der Waals surface area contributed by atoms with Gasteiger partial charge in [0, 0.05) is 17.6 Å². The number of anilines is 1. The number of nitrogens with zero attached hydrogens (tertiary/aromatic N) is 2. The van der Waals surface area contributed by atoms with Gasteiger partial charge < -0.3 is 19.7 Å². The fourth-order valence-corrected chi connectivity index (χ4v) is 6.01. The fourth-order valence-electron chi connectivity index (χ4n) is 4.39. The molecule has 0 aliphatic carbocycles. The molecule has 0 unspecified atom stereocenters. The minimum atomic E-state index is -4.27. The molecule has 0 saturated carbocycles. The number of methoxy groups -OCH3 is 2. The van der Waals surface area contributed by atoms with Crippen LogP contribution in [0.2, 0.25) is 5.02 Å². The van der Waals surface area contributed by atoms with Crippen LogP contribution < -0.4 is 19.1 Å². The molecule has 0 bridgehead atoms. The lowest BCUT2D eigenvalue weighted by molar-refractivity contribution is -0.140. The molecule has 0 radical (unpaired) electrons. The van der Waals surface area contributed by atoms with Crippen molar-refractivity contribution in [2.24, 2.45) is 0 Å². The zero-order valence-electron chi connectivity index (χ0n) is 24.5. The third-order valence-electron chi connectivity index (χ3n) is 6.97. The summed E-state index contributed by atoms with van der Waals surface area (Å²) < 4.78 is 39.8. The number of halogens is 1. The predicted octanol–water partition coefficient (Wildman–Crippen LogP) is 5.27. The summed E-state index contributed by atoms with van der Waals surface area (Å²) in [7, 11) is -1.36. The Balaban J connectivity index is 2.11. The highest BCUT2D eigenvalue weighted by Crippen LogP contribution is 2.33. The van der Waals surface area contributed by atoms with Crippen molar-refractivity contribution in [1.82, 2.24) is 10.2 Å². The minimum absolute atomic E-state index is 0.00723. The molecule has 0 saturated heterocycles. The average Bonchev–Trinajstić information content (AvgIpc) is 3.00. The summed E-state index contributed by atoms with van der Waals surface area (Å²) in [6, 6.07) is 18.5. The second kappa shape index (κ2) is 14.9. The van der Waals surface area contributed by atoms with Gasteiger partial charge in [-0.15, -0.1) is 0 Å². The first-order chi connectivity index (χ1) is 20.1. The Morgan fingerprint density at radius 3 is 2.14 bits per heavy atom. The SMILES string of the molecule is CC[C@H](C(=O)N[C@@H](C)CC)N(Cc1ccccc1Cl)C(=O)CN(c1ccccc1OC)S(=O)(=O)c1ccc(OC)cc1. The quantitative estimate of drug-likeness (QED) is 0.265. The maximum Gasteiger partial charge on any atom is 0.264 e. The van der Waals surface area contributed by atoms with Crippen LogP contribution in [-0.2, 0) is 26.2 Å². The predicted molar refractivity (Wildman–Crippen MR) is 164 cm³/mol. The summed E-state index contributed by atoms with van der Waals surface area (Å²) in [5.74, 6) is -0.155. The number of carbonyl (C=O) groups is 2. The van der Waals surface area contributed by atoms with E-state index < -0.39 is 28.5 Å². The second-order valence-corrected chi connectivity index (χ2v) is 12.0.